The van der Waals surface area contributed by atoms with Gasteiger partial charge in [-0.2, -0.15) is 0 Å². The molecule has 1 atom stereocenters. The number of rotatable bonds is 5. The van der Waals surface area contributed by atoms with E-state index < -0.39 is 9.84 Å². The molecule has 0 radical (unpaired) electrons. The lowest BCUT2D eigenvalue weighted by Crippen LogP contribution is -2.27. The van der Waals surface area contributed by atoms with Gasteiger partial charge < -0.3 is 10.5 Å². The third-order valence-electron chi connectivity index (χ3n) is 2.65. The summed E-state index contributed by atoms with van der Waals surface area (Å²) < 4.78 is 28.9. The van der Waals surface area contributed by atoms with Gasteiger partial charge in [-0.3, -0.25) is 0 Å². The summed E-state index contributed by atoms with van der Waals surface area (Å²) in [4.78, 5) is 0. The molecular weight excluding hydrogens is 214 g/mol. The molecule has 4 nitrogen and oxygen atoms in total. The van der Waals surface area contributed by atoms with Crippen molar-refractivity contribution in [3.05, 3.63) is 0 Å². The van der Waals surface area contributed by atoms with Crippen molar-refractivity contribution in [1.82, 2.24) is 0 Å². The summed E-state index contributed by atoms with van der Waals surface area (Å²) in [5, 5.41) is 0. The van der Waals surface area contributed by atoms with Gasteiger partial charge in [-0.1, -0.05) is 0 Å². The number of hydrogen-bond acceptors (Lipinski definition) is 4. The molecular formula is C10H21NO3S. The van der Waals surface area contributed by atoms with E-state index in [1.165, 1.54) is 0 Å². The lowest BCUT2D eigenvalue weighted by Gasteiger charge is -2.19. The van der Waals surface area contributed by atoms with Crippen molar-refractivity contribution < 1.29 is 13.2 Å². The third-order valence-corrected chi connectivity index (χ3v) is 4.44. The summed E-state index contributed by atoms with van der Waals surface area (Å²) in [5.41, 5.74) is 5.13. The van der Waals surface area contributed by atoms with Crippen LogP contribution in [0.3, 0.4) is 0 Å². The zero-order valence-electron chi connectivity index (χ0n) is 9.53. The molecule has 0 aromatic carbocycles. The molecule has 0 spiro atoms. The van der Waals surface area contributed by atoms with Crippen molar-refractivity contribution in [2.45, 2.75) is 44.8 Å². The number of nitrogens with two attached hydrogens (primary N) is 1. The molecule has 15 heavy (non-hydrogen) atoms. The Labute approximate surface area is 92.1 Å². The Morgan fingerprint density at radius 3 is 2.60 bits per heavy atom. The molecule has 90 valence electrons. The van der Waals surface area contributed by atoms with E-state index >= 15 is 0 Å². The molecule has 1 saturated heterocycles. The van der Waals surface area contributed by atoms with Crippen molar-refractivity contribution >= 4 is 9.84 Å². The quantitative estimate of drug-likeness (QED) is 0.762. The van der Waals surface area contributed by atoms with Crippen molar-refractivity contribution in [1.29, 1.82) is 0 Å². The summed E-state index contributed by atoms with van der Waals surface area (Å²) in [6, 6.07) is 0. The highest BCUT2D eigenvalue weighted by Crippen LogP contribution is 2.30. The smallest absolute Gasteiger partial charge is 0.152 e. The number of sulfone groups is 1. The van der Waals surface area contributed by atoms with Gasteiger partial charge in [-0.25, -0.2) is 8.42 Å². The largest absolute Gasteiger partial charge is 0.371 e. The van der Waals surface area contributed by atoms with Crippen LogP contribution in [0.4, 0.5) is 0 Å². The summed E-state index contributed by atoms with van der Waals surface area (Å²) >= 11 is 0. The van der Waals surface area contributed by atoms with Crippen LogP contribution < -0.4 is 5.73 Å². The van der Waals surface area contributed by atoms with Crippen LogP contribution in [0.15, 0.2) is 0 Å². The molecule has 1 rings (SSSR count). The Hall–Kier alpha value is -0.130. The van der Waals surface area contributed by atoms with Gasteiger partial charge in [0, 0.05) is 0 Å². The van der Waals surface area contributed by atoms with Gasteiger partial charge >= 0.3 is 0 Å². The molecule has 0 aliphatic carbocycles. The first-order valence-corrected chi connectivity index (χ1v) is 7.25. The summed E-state index contributed by atoms with van der Waals surface area (Å²) in [5.74, 6) is 0.334. The van der Waals surface area contributed by atoms with Gasteiger partial charge in [-0.15, -0.1) is 0 Å². The molecule has 0 bridgehead atoms. The highest BCUT2D eigenvalue weighted by atomic mass is 32.2. The molecule has 0 aromatic rings. The van der Waals surface area contributed by atoms with Crippen LogP contribution in [0.2, 0.25) is 0 Å². The van der Waals surface area contributed by atoms with Crippen LogP contribution in [0.5, 0.6) is 0 Å². The Morgan fingerprint density at radius 1 is 1.47 bits per heavy atom. The van der Waals surface area contributed by atoms with Crippen molar-refractivity contribution in [3.63, 3.8) is 0 Å². The standard InChI is InChI=1S/C10H21NO3S/c1-10(2)5-4-9(14-10)8-15(12,13)7-3-6-11/h9H,3-8,11H2,1-2H3. The predicted octanol–water partition coefficient (Wildman–Crippen LogP) is 0.708. The number of hydrogen-bond donors (Lipinski definition) is 1. The second-order valence-corrected chi connectivity index (χ2v) is 7.02. The fourth-order valence-electron chi connectivity index (χ4n) is 1.86. The van der Waals surface area contributed by atoms with Crippen molar-refractivity contribution in [2.75, 3.05) is 18.1 Å². The fourth-order valence-corrected chi connectivity index (χ4v) is 3.44. The molecule has 1 unspecified atom stereocenters. The molecule has 1 heterocycles. The van der Waals surface area contributed by atoms with Gasteiger partial charge in [0.2, 0.25) is 0 Å². The van der Waals surface area contributed by atoms with E-state index in [2.05, 4.69) is 0 Å². The lowest BCUT2D eigenvalue weighted by molar-refractivity contribution is -0.00527. The Kier molecular flexibility index (Phi) is 4.14. The summed E-state index contributed by atoms with van der Waals surface area (Å²) in [6.45, 7) is 4.43. The molecule has 0 saturated carbocycles. The van der Waals surface area contributed by atoms with E-state index in [0.717, 1.165) is 12.8 Å². The third kappa shape index (κ3) is 4.49. The first-order valence-electron chi connectivity index (χ1n) is 5.43. The molecule has 0 amide bonds. The minimum Gasteiger partial charge on any atom is -0.371 e. The van der Waals surface area contributed by atoms with E-state index in [9.17, 15) is 8.42 Å². The minimum atomic E-state index is -2.98. The highest BCUT2D eigenvalue weighted by Gasteiger charge is 2.33. The van der Waals surface area contributed by atoms with Crippen molar-refractivity contribution in [2.24, 2.45) is 5.73 Å². The Bertz CT molecular complexity index is 298. The Morgan fingerprint density at radius 2 is 2.13 bits per heavy atom. The van der Waals surface area contributed by atoms with Crippen LogP contribution in [0.1, 0.15) is 33.1 Å². The van der Waals surface area contributed by atoms with Gasteiger partial charge in [0.15, 0.2) is 9.84 Å². The highest BCUT2D eigenvalue weighted by molar-refractivity contribution is 7.91. The second-order valence-electron chi connectivity index (χ2n) is 4.79. The maximum Gasteiger partial charge on any atom is 0.152 e. The van der Waals surface area contributed by atoms with E-state index in [4.69, 9.17) is 10.5 Å². The summed E-state index contributed by atoms with van der Waals surface area (Å²) in [6.07, 6.45) is 2.19. The molecule has 1 aliphatic rings. The van der Waals surface area contributed by atoms with Crippen LogP contribution in [-0.2, 0) is 14.6 Å². The van der Waals surface area contributed by atoms with Gasteiger partial charge in [-0.05, 0) is 39.7 Å². The van der Waals surface area contributed by atoms with Gasteiger partial charge in [0.05, 0.1) is 23.2 Å². The topological polar surface area (TPSA) is 69.4 Å². The Balaban J connectivity index is 2.42. The average Bonchev–Trinajstić information content (AvgIpc) is 2.41. The maximum atomic E-state index is 11.6. The second kappa shape index (κ2) is 4.80. The minimum absolute atomic E-state index is 0.122. The molecule has 1 aliphatic heterocycles. The average molecular weight is 235 g/mol. The maximum absolute atomic E-state index is 11.6. The molecule has 5 heteroatoms. The van der Waals surface area contributed by atoms with E-state index in [0.29, 0.717) is 13.0 Å². The van der Waals surface area contributed by atoms with E-state index in [-0.39, 0.29) is 23.2 Å². The number of ether oxygens (including phenoxy) is 1. The van der Waals surface area contributed by atoms with Crippen LogP contribution in [-0.4, -0.2) is 38.2 Å². The fraction of sp³-hybridized carbons (Fsp3) is 1.00. The first kappa shape index (κ1) is 12.9. The lowest BCUT2D eigenvalue weighted by atomic mass is 10.1. The van der Waals surface area contributed by atoms with Crippen LogP contribution in [0, 0.1) is 0 Å². The molecule has 1 fully saturated rings. The predicted molar refractivity (Wildman–Crippen MR) is 60.5 cm³/mol. The van der Waals surface area contributed by atoms with Crippen LogP contribution >= 0.6 is 0 Å². The summed E-state index contributed by atoms with van der Waals surface area (Å²) in [7, 11) is -2.98. The monoisotopic (exact) mass is 235 g/mol. The molecule has 2 N–H and O–H groups in total. The van der Waals surface area contributed by atoms with E-state index in [1.54, 1.807) is 0 Å². The van der Waals surface area contributed by atoms with E-state index in [1.807, 2.05) is 13.8 Å². The SMILES string of the molecule is CC1(C)CCC(CS(=O)(=O)CCCN)O1. The first-order chi connectivity index (χ1) is 6.85. The molecule has 0 aromatic heterocycles. The van der Waals surface area contributed by atoms with Crippen molar-refractivity contribution in [3.8, 4) is 0 Å². The van der Waals surface area contributed by atoms with Gasteiger partial charge in [0.25, 0.3) is 0 Å². The zero-order valence-corrected chi connectivity index (χ0v) is 10.3. The zero-order chi connectivity index (χ0) is 11.5. The van der Waals surface area contributed by atoms with Crippen LogP contribution in [0.25, 0.3) is 0 Å². The normalized spacial score (nSPS) is 25.7. The van der Waals surface area contributed by atoms with Gasteiger partial charge in [0.1, 0.15) is 0 Å².